The van der Waals surface area contributed by atoms with Gasteiger partial charge in [-0.25, -0.2) is 9.78 Å². The molecule has 3 aromatic carbocycles. The molecule has 1 aliphatic heterocycles. The number of hydrogen-bond donors (Lipinski definition) is 1. The quantitative estimate of drug-likeness (QED) is 0.210. The first kappa shape index (κ1) is 28.3. The Morgan fingerprint density at radius 3 is 2.39 bits per heavy atom. The highest BCUT2D eigenvalue weighted by atomic mass is 16.8. The van der Waals surface area contributed by atoms with E-state index in [1.165, 1.54) is 5.56 Å². The monoisotopic (exact) mass is 555 g/mol. The van der Waals surface area contributed by atoms with Crippen molar-refractivity contribution >= 4 is 12.1 Å². The number of carbonyl (C=O) groups is 2. The van der Waals surface area contributed by atoms with Crippen LogP contribution in [0.5, 0.6) is 0 Å². The number of nitrogens with zero attached hydrogens (tertiary/aromatic N) is 2. The van der Waals surface area contributed by atoms with Gasteiger partial charge in [0.05, 0.1) is 5.69 Å². The van der Waals surface area contributed by atoms with Gasteiger partial charge in [0, 0.05) is 24.0 Å². The molecule has 5 rings (SSSR count). The van der Waals surface area contributed by atoms with E-state index in [2.05, 4.69) is 11.9 Å². The lowest BCUT2D eigenvalue weighted by Crippen LogP contribution is -2.64. The molecule has 4 aromatic rings. The minimum atomic E-state index is -1.16. The number of aryl methyl sites for hydroxylation is 1. The summed E-state index contributed by atoms with van der Waals surface area (Å²) in [6.07, 6.45) is 4.54. The summed E-state index contributed by atoms with van der Waals surface area (Å²) in [7, 11) is 0. The molecule has 1 amide bonds. The van der Waals surface area contributed by atoms with Gasteiger partial charge in [-0.3, -0.25) is 0 Å². The number of oxazole rings is 1. The van der Waals surface area contributed by atoms with Crippen LogP contribution < -0.4 is 0 Å². The van der Waals surface area contributed by atoms with Gasteiger partial charge in [0.2, 0.25) is 11.9 Å². The minimum absolute atomic E-state index is 0.0218. The van der Waals surface area contributed by atoms with Crippen LogP contribution in [0.3, 0.4) is 0 Å². The number of unbranched alkanes of at least 4 members (excludes halogenated alkanes) is 1. The van der Waals surface area contributed by atoms with Gasteiger partial charge in [-0.1, -0.05) is 84.7 Å². The highest BCUT2D eigenvalue weighted by molar-refractivity contribution is 5.76. The van der Waals surface area contributed by atoms with E-state index in [0.717, 1.165) is 41.5 Å². The van der Waals surface area contributed by atoms with Gasteiger partial charge >= 0.3 is 12.1 Å². The topological polar surface area (TPSA) is 98.9 Å². The third kappa shape index (κ3) is 6.56. The van der Waals surface area contributed by atoms with Gasteiger partial charge < -0.3 is 14.3 Å². The molecule has 2 atom stereocenters. The fourth-order valence-corrected chi connectivity index (χ4v) is 5.16. The Morgan fingerprint density at radius 1 is 0.951 bits per heavy atom. The largest absolute Gasteiger partial charge is 0.551 e. The zero-order valence-corrected chi connectivity index (χ0v) is 23.2. The lowest BCUT2D eigenvalue weighted by Gasteiger charge is -2.39. The number of carbonyl (C=O) groups excluding carboxylic acids is 1. The molecule has 1 aliphatic rings. The zero-order valence-electron chi connectivity index (χ0n) is 23.2. The number of benzene rings is 3. The lowest BCUT2D eigenvalue weighted by molar-refractivity contribution is -1.07. The molecule has 0 saturated carbocycles. The minimum Gasteiger partial charge on any atom is -0.477 e. The predicted molar refractivity (Wildman–Crippen MR) is 152 cm³/mol. The molecule has 212 valence electrons. The first-order chi connectivity index (χ1) is 20.0. The van der Waals surface area contributed by atoms with Crippen molar-refractivity contribution in [2.24, 2.45) is 0 Å². The van der Waals surface area contributed by atoms with Crippen molar-refractivity contribution in [3.63, 3.8) is 0 Å². The molecule has 1 aromatic heterocycles. The van der Waals surface area contributed by atoms with Gasteiger partial charge in [-0.15, -0.1) is 0 Å². The number of hydrogen-bond acceptors (Lipinski definition) is 6. The van der Waals surface area contributed by atoms with Crippen LogP contribution in [0, 0.1) is 0 Å². The number of fused-ring (bicyclic) bond motifs is 1. The first-order valence-electron chi connectivity index (χ1n) is 14.1. The van der Waals surface area contributed by atoms with Gasteiger partial charge in [-0.05, 0) is 41.7 Å². The third-order valence-electron chi connectivity index (χ3n) is 7.49. The molecule has 8 heteroatoms. The van der Waals surface area contributed by atoms with Crippen LogP contribution >= 0.6 is 0 Å². The Kier molecular flexibility index (Phi) is 8.91. The van der Waals surface area contributed by atoms with Gasteiger partial charge in [0.1, 0.15) is 26.0 Å². The second-order valence-electron chi connectivity index (χ2n) is 10.3. The second-order valence-corrected chi connectivity index (χ2v) is 10.3. The van der Waals surface area contributed by atoms with E-state index < -0.39 is 22.8 Å². The number of hydroxylamine groups is 3. The Bertz CT molecular complexity index is 1470. The van der Waals surface area contributed by atoms with Crippen molar-refractivity contribution in [1.29, 1.82) is 0 Å². The maximum Gasteiger partial charge on any atom is 0.551 e. The normalized spacial score (nSPS) is 18.0. The smallest absolute Gasteiger partial charge is 0.477 e. The zero-order chi connectivity index (χ0) is 28.7. The molecular formula is C33H35N2O6+. The van der Waals surface area contributed by atoms with Crippen molar-refractivity contribution < 1.29 is 33.3 Å². The van der Waals surface area contributed by atoms with Gasteiger partial charge in [-0.2, -0.15) is 9.63 Å². The Morgan fingerprint density at radius 2 is 1.66 bits per heavy atom. The molecular weight excluding hydrogens is 520 g/mol. The number of carboxylic acids is 1. The summed E-state index contributed by atoms with van der Waals surface area (Å²) in [5, 5.41) is 10.2. The summed E-state index contributed by atoms with van der Waals surface area (Å²) in [6.45, 7) is 2.28. The summed E-state index contributed by atoms with van der Waals surface area (Å²) in [5.74, 6) is -0.635. The molecule has 0 aliphatic carbocycles. The van der Waals surface area contributed by atoms with Crippen LogP contribution in [-0.2, 0) is 46.8 Å². The fraction of sp³-hybridized carbons (Fsp3) is 0.303. The number of aliphatic carboxylic acids is 1. The van der Waals surface area contributed by atoms with Crippen LogP contribution in [0.2, 0.25) is 0 Å². The maximum absolute atomic E-state index is 13.8. The lowest BCUT2D eigenvalue weighted by atomic mass is 9.94. The molecule has 0 saturated heterocycles. The number of rotatable bonds is 11. The Labute approximate surface area is 239 Å². The number of carboxylic acid groups (broad SMARTS) is 1. The SMILES string of the molecule is CCCCc1ccc(COC(=O)[N+]2(OCCc3coc(-c4ccccc4)n3)Cc3ccccc3CC2C(=O)O)cc1. The van der Waals surface area contributed by atoms with Crippen LogP contribution in [0.4, 0.5) is 4.79 Å². The van der Waals surface area contributed by atoms with Crippen molar-refractivity contribution in [3.8, 4) is 11.5 Å². The van der Waals surface area contributed by atoms with Crippen LogP contribution in [0.25, 0.3) is 11.5 Å². The van der Waals surface area contributed by atoms with Gasteiger partial charge in [0.15, 0.2) is 0 Å². The molecule has 2 unspecified atom stereocenters. The van der Waals surface area contributed by atoms with Crippen LogP contribution in [-0.4, -0.2) is 39.4 Å². The fourth-order valence-electron chi connectivity index (χ4n) is 5.16. The maximum atomic E-state index is 13.8. The molecule has 0 bridgehead atoms. The van der Waals surface area contributed by atoms with Crippen LogP contribution in [0.1, 0.15) is 47.7 Å². The third-order valence-corrected chi connectivity index (χ3v) is 7.49. The van der Waals surface area contributed by atoms with E-state index >= 15 is 0 Å². The van der Waals surface area contributed by atoms with E-state index in [1.54, 1.807) is 6.26 Å². The molecule has 8 nitrogen and oxygen atoms in total. The van der Waals surface area contributed by atoms with E-state index in [4.69, 9.17) is 14.0 Å². The van der Waals surface area contributed by atoms with Gasteiger partial charge in [0.25, 0.3) is 0 Å². The van der Waals surface area contributed by atoms with Crippen molar-refractivity contribution in [2.75, 3.05) is 6.61 Å². The Hall–Kier alpha value is -4.27. The number of aromatic nitrogens is 1. The van der Waals surface area contributed by atoms with E-state index in [-0.39, 0.29) is 26.2 Å². The predicted octanol–water partition coefficient (Wildman–Crippen LogP) is 6.52. The summed E-state index contributed by atoms with van der Waals surface area (Å²) in [4.78, 5) is 37.1. The molecule has 0 fully saturated rings. The highest BCUT2D eigenvalue weighted by Gasteiger charge is 2.56. The highest BCUT2D eigenvalue weighted by Crippen LogP contribution is 2.33. The van der Waals surface area contributed by atoms with E-state index in [1.807, 2.05) is 78.9 Å². The van der Waals surface area contributed by atoms with E-state index in [9.17, 15) is 14.7 Å². The first-order valence-corrected chi connectivity index (χ1v) is 14.1. The summed E-state index contributed by atoms with van der Waals surface area (Å²) in [6, 6.07) is 23.9. The number of quaternary nitrogens is 1. The summed E-state index contributed by atoms with van der Waals surface area (Å²) in [5.41, 5.74) is 5.30. The molecule has 41 heavy (non-hydrogen) atoms. The van der Waals surface area contributed by atoms with Crippen molar-refractivity contribution in [1.82, 2.24) is 4.98 Å². The van der Waals surface area contributed by atoms with E-state index in [0.29, 0.717) is 18.0 Å². The molecule has 2 heterocycles. The average Bonchev–Trinajstić information content (AvgIpc) is 3.48. The average molecular weight is 556 g/mol. The molecule has 1 N–H and O–H groups in total. The summed E-state index contributed by atoms with van der Waals surface area (Å²) >= 11 is 0. The second kappa shape index (κ2) is 12.9. The van der Waals surface area contributed by atoms with Crippen molar-refractivity contribution in [2.45, 2.75) is 58.2 Å². The van der Waals surface area contributed by atoms with Crippen molar-refractivity contribution in [3.05, 3.63) is 113 Å². The molecule has 0 spiro atoms. The number of amides is 1. The molecule has 0 radical (unpaired) electrons. The number of ether oxygens (including phenoxy) is 1. The van der Waals surface area contributed by atoms with Crippen LogP contribution in [0.15, 0.2) is 89.5 Å². The Balaban J connectivity index is 1.34. The standard InChI is InChI=1S/C33H34N2O6/c1-2-3-9-24-14-16-25(17-15-24)22-40-33(38)35(21-28-13-8-7-12-27(28)20-30(35)32(36)37)41-19-18-29-23-39-31(34-29)26-10-5-4-6-11-26/h4-8,10-17,23,30H,2-3,9,18-22H2,1H3/p+1. The summed E-state index contributed by atoms with van der Waals surface area (Å²) < 4.78 is 10.6.